The maximum atomic E-state index is 12.9. The molecule has 2 aromatic rings. The number of furan rings is 1. The second-order valence-electron chi connectivity index (χ2n) is 6.20. The predicted octanol–water partition coefficient (Wildman–Crippen LogP) is 4.66. The van der Waals surface area contributed by atoms with Crippen molar-refractivity contribution in [2.24, 2.45) is 0 Å². The Morgan fingerprint density at radius 1 is 1.40 bits per heavy atom. The average molecular weight is 456 g/mol. The summed E-state index contributed by atoms with van der Waals surface area (Å²) in [7, 11) is 0. The van der Waals surface area contributed by atoms with Crippen LogP contribution < -0.4 is 10.6 Å². The highest BCUT2D eigenvalue weighted by Gasteiger charge is 2.34. The Bertz CT molecular complexity index is 1050. The molecule has 6 nitrogen and oxygen atoms in total. The van der Waals surface area contributed by atoms with Gasteiger partial charge in [0, 0.05) is 12.1 Å². The van der Waals surface area contributed by atoms with Gasteiger partial charge in [0.05, 0.1) is 45.2 Å². The molecule has 2 amide bonds. The highest BCUT2D eigenvalue weighted by atomic mass is 35.5. The van der Waals surface area contributed by atoms with E-state index in [1.165, 1.54) is 12.3 Å². The first-order valence-corrected chi connectivity index (χ1v) is 9.82. The lowest BCUT2D eigenvalue weighted by Crippen LogP contribution is -2.31. The predicted molar refractivity (Wildman–Crippen MR) is 104 cm³/mol. The quantitative estimate of drug-likeness (QED) is 0.683. The number of amides is 2. The number of hydrogen-bond donors (Lipinski definition) is 2. The highest BCUT2D eigenvalue weighted by molar-refractivity contribution is 8.03. The molecule has 30 heavy (non-hydrogen) atoms. The van der Waals surface area contributed by atoms with Crippen LogP contribution in [-0.4, -0.2) is 17.6 Å². The summed E-state index contributed by atoms with van der Waals surface area (Å²) in [6.45, 7) is 0. The van der Waals surface area contributed by atoms with E-state index in [0.717, 1.165) is 23.9 Å². The molecule has 3 rings (SSSR count). The second-order valence-corrected chi connectivity index (χ2v) is 7.60. The first kappa shape index (κ1) is 21.8. The van der Waals surface area contributed by atoms with Gasteiger partial charge in [-0.05, 0) is 30.3 Å². The molecule has 11 heteroatoms. The van der Waals surface area contributed by atoms with Gasteiger partial charge in [0.2, 0.25) is 11.8 Å². The number of nitrogens with one attached hydrogen (secondary N) is 2. The van der Waals surface area contributed by atoms with E-state index in [4.69, 9.17) is 16.0 Å². The largest absolute Gasteiger partial charge is 0.469 e. The third-order valence-corrected chi connectivity index (χ3v) is 5.49. The van der Waals surface area contributed by atoms with Crippen molar-refractivity contribution < 1.29 is 27.2 Å². The fourth-order valence-electron chi connectivity index (χ4n) is 2.82. The number of rotatable bonds is 5. The van der Waals surface area contributed by atoms with Gasteiger partial charge in [0.1, 0.15) is 5.76 Å². The Morgan fingerprint density at radius 2 is 2.17 bits per heavy atom. The van der Waals surface area contributed by atoms with E-state index >= 15 is 0 Å². The molecule has 1 aromatic carbocycles. The zero-order valence-electron chi connectivity index (χ0n) is 15.0. The first-order valence-electron chi connectivity index (χ1n) is 8.46. The van der Waals surface area contributed by atoms with Crippen LogP contribution in [0.2, 0.25) is 5.02 Å². The van der Waals surface area contributed by atoms with Crippen molar-refractivity contribution in [2.45, 2.75) is 18.5 Å². The standard InChI is InChI=1S/C19H13ClF3N3O3S/c20-14-4-3-10(6-13(14)19(21,22)23)25-17(28)9-30-18-12(8-24)11(7-16(27)26-18)15-2-1-5-29-15/h1-6,11H,7,9H2,(H,25,28)(H,26,27)/t11-/m0/s1. The third kappa shape index (κ3) is 4.98. The third-order valence-electron chi connectivity index (χ3n) is 4.15. The second kappa shape index (κ2) is 8.85. The van der Waals surface area contributed by atoms with Crippen LogP contribution in [-0.2, 0) is 15.8 Å². The molecule has 0 aliphatic carbocycles. The van der Waals surface area contributed by atoms with Crippen molar-refractivity contribution in [3.05, 3.63) is 63.5 Å². The molecule has 1 aliphatic rings. The molecule has 156 valence electrons. The summed E-state index contributed by atoms with van der Waals surface area (Å²) in [6, 6.07) is 8.34. The minimum atomic E-state index is -4.66. The van der Waals surface area contributed by atoms with Gasteiger partial charge in [-0.25, -0.2) is 0 Å². The van der Waals surface area contributed by atoms with E-state index in [1.807, 2.05) is 6.07 Å². The highest BCUT2D eigenvalue weighted by Crippen LogP contribution is 2.37. The Kier molecular flexibility index (Phi) is 6.43. The van der Waals surface area contributed by atoms with Gasteiger partial charge in [0.25, 0.3) is 0 Å². The zero-order chi connectivity index (χ0) is 21.9. The normalized spacial score (nSPS) is 16.8. The van der Waals surface area contributed by atoms with Gasteiger partial charge >= 0.3 is 6.18 Å². The maximum Gasteiger partial charge on any atom is 0.417 e. The van der Waals surface area contributed by atoms with E-state index in [-0.39, 0.29) is 34.4 Å². The van der Waals surface area contributed by atoms with Crippen LogP contribution in [0.5, 0.6) is 0 Å². The Labute approximate surface area is 178 Å². The number of nitrogens with zero attached hydrogens (tertiary/aromatic N) is 1. The summed E-state index contributed by atoms with van der Waals surface area (Å²) in [6.07, 6.45) is -3.21. The van der Waals surface area contributed by atoms with E-state index < -0.39 is 28.6 Å². The van der Waals surface area contributed by atoms with E-state index in [0.29, 0.717) is 5.76 Å². The Morgan fingerprint density at radius 3 is 2.80 bits per heavy atom. The molecule has 0 saturated heterocycles. The molecule has 1 aliphatic heterocycles. The first-order chi connectivity index (χ1) is 14.2. The number of allylic oxidation sites excluding steroid dienone is 1. The smallest absolute Gasteiger partial charge is 0.417 e. The molecular formula is C19H13ClF3N3O3S. The monoisotopic (exact) mass is 455 g/mol. The van der Waals surface area contributed by atoms with Crippen LogP contribution in [0.3, 0.4) is 0 Å². The van der Waals surface area contributed by atoms with Crippen molar-refractivity contribution >= 4 is 40.9 Å². The number of nitriles is 1. The van der Waals surface area contributed by atoms with Crippen molar-refractivity contribution in [1.82, 2.24) is 5.32 Å². The summed E-state index contributed by atoms with van der Waals surface area (Å²) in [5.74, 6) is -1.32. The lowest BCUT2D eigenvalue weighted by Gasteiger charge is -2.23. The molecule has 1 aromatic heterocycles. The van der Waals surface area contributed by atoms with Crippen LogP contribution in [0.25, 0.3) is 0 Å². The molecular weight excluding hydrogens is 443 g/mol. The average Bonchev–Trinajstić information content (AvgIpc) is 3.21. The fraction of sp³-hybridized carbons (Fsp3) is 0.211. The summed E-state index contributed by atoms with van der Waals surface area (Å²) in [5, 5.41) is 14.2. The minimum Gasteiger partial charge on any atom is -0.469 e. The lowest BCUT2D eigenvalue weighted by atomic mass is 9.92. The van der Waals surface area contributed by atoms with Gasteiger partial charge in [0.15, 0.2) is 0 Å². The van der Waals surface area contributed by atoms with Crippen molar-refractivity contribution in [3.63, 3.8) is 0 Å². The van der Waals surface area contributed by atoms with Gasteiger partial charge < -0.3 is 15.1 Å². The van der Waals surface area contributed by atoms with Gasteiger partial charge in [-0.1, -0.05) is 23.4 Å². The molecule has 2 N–H and O–H groups in total. The minimum absolute atomic E-state index is 0.0255. The zero-order valence-corrected chi connectivity index (χ0v) is 16.6. The maximum absolute atomic E-state index is 12.9. The molecule has 1 atom stereocenters. The fourth-order valence-corrected chi connectivity index (χ4v) is 3.92. The van der Waals surface area contributed by atoms with Crippen molar-refractivity contribution in [2.75, 3.05) is 11.1 Å². The number of anilines is 1. The summed E-state index contributed by atoms with van der Waals surface area (Å²) in [5.41, 5.74) is -0.897. The topological polar surface area (TPSA) is 95.1 Å². The Balaban J connectivity index is 1.72. The molecule has 0 fully saturated rings. The number of halogens is 4. The lowest BCUT2D eigenvalue weighted by molar-refractivity contribution is -0.137. The number of carbonyl (C=O) groups excluding carboxylic acids is 2. The number of alkyl halides is 3. The van der Waals surface area contributed by atoms with Crippen LogP contribution in [0.15, 0.2) is 51.6 Å². The summed E-state index contributed by atoms with van der Waals surface area (Å²) < 4.78 is 44.1. The molecule has 0 unspecified atom stereocenters. The molecule has 0 radical (unpaired) electrons. The van der Waals surface area contributed by atoms with Gasteiger partial charge in [-0.2, -0.15) is 18.4 Å². The number of thioether (sulfide) groups is 1. The van der Waals surface area contributed by atoms with E-state index in [9.17, 15) is 28.0 Å². The molecule has 2 heterocycles. The van der Waals surface area contributed by atoms with Crippen LogP contribution in [0.1, 0.15) is 23.7 Å². The van der Waals surface area contributed by atoms with Crippen molar-refractivity contribution in [3.8, 4) is 6.07 Å². The van der Waals surface area contributed by atoms with Gasteiger partial charge in [-0.3, -0.25) is 9.59 Å². The van der Waals surface area contributed by atoms with Gasteiger partial charge in [-0.15, -0.1) is 0 Å². The van der Waals surface area contributed by atoms with Crippen LogP contribution in [0, 0.1) is 11.3 Å². The molecule has 0 spiro atoms. The number of benzene rings is 1. The number of hydrogen-bond acceptors (Lipinski definition) is 5. The summed E-state index contributed by atoms with van der Waals surface area (Å²) in [4.78, 5) is 24.2. The Hall–Kier alpha value is -2.90. The SMILES string of the molecule is N#CC1=C(SCC(=O)Nc2ccc(Cl)c(C(F)(F)F)c2)NC(=O)C[C@@H]1c1ccco1. The summed E-state index contributed by atoms with van der Waals surface area (Å²) >= 11 is 6.46. The van der Waals surface area contributed by atoms with Crippen LogP contribution >= 0.6 is 23.4 Å². The molecule has 0 bridgehead atoms. The van der Waals surface area contributed by atoms with Crippen molar-refractivity contribution in [1.29, 1.82) is 5.26 Å². The number of carbonyl (C=O) groups is 2. The molecule has 0 saturated carbocycles. The van der Waals surface area contributed by atoms with E-state index in [1.54, 1.807) is 12.1 Å². The van der Waals surface area contributed by atoms with E-state index in [2.05, 4.69) is 10.6 Å². The van der Waals surface area contributed by atoms with Crippen LogP contribution in [0.4, 0.5) is 18.9 Å².